The average Bonchev–Trinajstić information content (AvgIpc) is 2.79. The van der Waals surface area contributed by atoms with Crippen LogP contribution in [0.4, 0.5) is 13.2 Å². The number of likely N-dealkylation sites (N-methyl/N-ethyl adjacent to an activating group) is 1. The minimum absolute atomic E-state index is 0.00644. The average molecular weight is 359 g/mol. The van der Waals surface area contributed by atoms with Crippen LogP contribution in [0.3, 0.4) is 0 Å². The van der Waals surface area contributed by atoms with E-state index in [0.717, 1.165) is 12.1 Å². The van der Waals surface area contributed by atoms with Crippen molar-refractivity contribution in [3.05, 3.63) is 59.7 Å². The number of guanidine groups is 1. The van der Waals surface area contributed by atoms with Gasteiger partial charge in [-0.1, -0.05) is 41.9 Å². The van der Waals surface area contributed by atoms with E-state index in [1.165, 1.54) is 24.1 Å². The number of halogens is 3. The Morgan fingerprint density at radius 2 is 1.81 bits per heavy atom. The fraction of sp³-hybridized carbons (Fsp3) is 0.176. The van der Waals surface area contributed by atoms with Gasteiger partial charge in [-0.2, -0.15) is 0 Å². The van der Waals surface area contributed by atoms with E-state index >= 15 is 0 Å². The SMILES string of the molecule is [B]c1cccc(C2(c3ccc(OC(F)(F)F)cc3)N=C(N)N(C)C2=O)c1. The molecule has 26 heavy (non-hydrogen) atoms. The number of benzene rings is 2. The minimum Gasteiger partial charge on any atom is -0.406 e. The molecule has 1 aliphatic rings. The molecule has 2 N–H and O–H groups in total. The number of carbonyl (C=O) groups excluding carboxylic acids is 1. The Morgan fingerprint density at radius 1 is 1.15 bits per heavy atom. The summed E-state index contributed by atoms with van der Waals surface area (Å²) < 4.78 is 40.9. The molecule has 1 aliphatic heterocycles. The molecule has 1 atom stereocenters. The fourth-order valence-electron chi connectivity index (χ4n) is 2.85. The lowest BCUT2D eigenvalue weighted by atomic mass is 9.80. The van der Waals surface area contributed by atoms with Gasteiger partial charge in [0.25, 0.3) is 5.91 Å². The molecule has 0 spiro atoms. The summed E-state index contributed by atoms with van der Waals surface area (Å²) in [6, 6.07) is 11.5. The maximum atomic E-state index is 12.9. The summed E-state index contributed by atoms with van der Waals surface area (Å²) in [7, 11) is 7.29. The fourth-order valence-corrected chi connectivity index (χ4v) is 2.85. The molecule has 1 unspecified atom stereocenters. The molecule has 0 bridgehead atoms. The maximum absolute atomic E-state index is 12.9. The first kappa shape index (κ1) is 17.8. The third-order valence-corrected chi connectivity index (χ3v) is 4.05. The second-order valence-corrected chi connectivity index (χ2v) is 5.74. The summed E-state index contributed by atoms with van der Waals surface area (Å²) in [4.78, 5) is 18.4. The van der Waals surface area contributed by atoms with Crippen molar-refractivity contribution in [3.8, 4) is 5.75 Å². The van der Waals surface area contributed by atoms with Crippen LogP contribution in [0.25, 0.3) is 0 Å². The molecule has 9 heteroatoms. The van der Waals surface area contributed by atoms with Crippen LogP contribution in [-0.4, -0.2) is 38.0 Å². The highest BCUT2D eigenvalue weighted by molar-refractivity contribution is 6.32. The van der Waals surface area contributed by atoms with Crippen molar-refractivity contribution in [2.24, 2.45) is 10.7 Å². The zero-order chi connectivity index (χ0) is 19.1. The summed E-state index contributed by atoms with van der Waals surface area (Å²) in [5.41, 5.74) is 5.51. The van der Waals surface area contributed by atoms with E-state index in [2.05, 4.69) is 9.73 Å². The van der Waals surface area contributed by atoms with Gasteiger partial charge in [-0.25, -0.2) is 4.99 Å². The molecule has 3 rings (SSSR count). The van der Waals surface area contributed by atoms with Gasteiger partial charge in [0.2, 0.25) is 0 Å². The Morgan fingerprint density at radius 3 is 2.31 bits per heavy atom. The van der Waals surface area contributed by atoms with Crippen LogP contribution < -0.4 is 15.9 Å². The highest BCUT2D eigenvalue weighted by Crippen LogP contribution is 2.39. The summed E-state index contributed by atoms with van der Waals surface area (Å²) in [6.07, 6.45) is -4.81. The quantitative estimate of drug-likeness (QED) is 0.843. The van der Waals surface area contributed by atoms with Crippen LogP contribution in [0.5, 0.6) is 5.75 Å². The monoisotopic (exact) mass is 359 g/mol. The van der Waals surface area contributed by atoms with Gasteiger partial charge in [0.15, 0.2) is 11.5 Å². The largest absolute Gasteiger partial charge is 0.573 e. The molecule has 132 valence electrons. The molecule has 0 saturated carbocycles. The molecule has 2 aromatic rings. The lowest BCUT2D eigenvalue weighted by Gasteiger charge is -2.26. The van der Waals surface area contributed by atoms with Crippen LogP contribution >= 0.6 is 0 Å². The number of nitrogens with zero attached hydrogens (tertiary/aromatic N) is 2. The molecule has 2 aromatic carbocycles. The first-order chi connectivity index (χ1) is 12.1. The first-order valence-electron chi connectivity index (χ1n) is 7.49. The second kappa shape index (κ2) is 6.08. The predicted molar refractivity (Wildman–Crippen MR) is 90.1 cm³/mol. The molecule has 1 amide bonds. The van der Waals surface area contributed by atoms with Crippen molar-refractivity contribution in [1.82, 2.24) is 4.90 Å². The van der Waals surface area contributed by atoms with Gasteiger partial charge in [0.1, 0.15) is 13.6 Å². The Balaban J connectivity index is 2.13. The van der Waals surface area contributed by atoms with Crippen LogP contribution in [0.1, 0.15) is 11.1 Å². The van der Waals surface area contributed by atoms with E-state index in [4.69, 9.17) is 13.6 Å². The molecule has 1 heterocycles. The summed E-state index contributed by atoms with van der Waals surface area (Å²) in [5.74, 6) is -0.849. The van der Waals surface area contributed by atoms with Crippen molar-refractivity contribution < 1.29 is 22.7 Å². The van der Waals surface area contributed by atoms with Gasteiger partial charge in [-0.3, -0.25) is 9.69 Å². The van der Waals surface area contributed by atoms with Crippen molar-refractivity contribution >= 4 is 25.2 Å². The molecule has 2 radical (unpaired) electrons. The first-order valence-corrected chi connectivity index (χ1v) is 7.49. The Kier molecular flexibility index (Phi) is 4.18. The number of aliphatic imine (C=N–C) groups is 1. The van der Waals surface area contributed by atoms with Crippen LogP contribution in [0, 0.1) is 0 Å². The summed E-state index contributed by atoms with van der Waals surface area (Å²) >= 11 is 0. The van der Waals surface area contributed by atoms with Crippen molar-refractivity contribution in [2.75, 3.05) is 7.05 Å². The van der Waals surface area contributed by atoms with Crippen LogP contribution in [0.2, 0.25) is 0 Å². The molecule has 5 nitrogen and oxygen atoms in total. The van der Waals surface area contributed by atoms with Crippen LogP contribution in [0.15, 0.2) is 53.5 Å². The van der Waals surface area contributed by atoms with E-state index in [1.54, 1.807) is 24.3 Å². The van der Waals surface area contributed by atoms with E-state index in [0.29, 0.717) is 16.6 Å². The number of rotatable bonds is 3. The lowest BCUT2D eigenvalue weighted by Crippen LogP contribution is -2.41. The maximum Gasteiger partial charge on any atom is 0.573 e. The van der Waals surface area contributed by atoms with E-state index in [-0.39, 0.29) is 5.96 Å². The van der Waals surface area contributed by atoms with Gasteiger partial charge < -0.3 is 10.5 Å². The zero-order valence-electron chi connectivity index (χ0n) is 13.6. The van der Waals surface area contributed by atoms with E-state index in [1.807, 2.05) is 0 Å². The topological polar surface area (TPSA) is 67.9 Å². The van der Waals surface area contributed by atoms with Crippen molar-refractivity contribution in [2.45, 2.75) is 11.9 Å². The van der Waals surface area contributed by atoms with Gasteiger partial charge in [-0.15, -0.1) is 13.2 Å². The van der Waals surface area contributed by atoms with Gasteiger partial charge in [0.05, 0.1) is 0 Å². The molecular formula is C17H13BF3N3O2. The number of ether oxygens (including phenoxy) is 1. The summed E-state index contributed by atoms with van der Waals surface area (Å²) in [5, 5.41) is 0. The number of alkyl halides is 3. The highest BCUT2D eigenvalue weighted by atomic mass is 19.4. The summed E-state index contributed by atoms with van der Waals surface area (Å²) in [6.45, 7) is 0. The Labute approximate surface area is 148 Å². The Bertz CT molecular complexity index is 884. The number of hydrogen-bond acceptors (Lipinski definition) is 4. The second-order valence-electron chi connectivity index (χ2n) is 5.74. The normalized spacial score (nSPS) is 20.2. The standard InChI is InChI=1S/C17H13BF3N3O2/c1-24-14(25)16(23-15(24)22,11-3-2-4-12(18)9-11)10-5-7-13(8-6-10)26-17(19,20)21/h2-9H,1H3,(H2,22,23). The Hall–Kier alpha value is -2.97. The number of carbonyl (C=O) groups is 1. The van der Waals surface area contributed by atoms with Crippen molar-refractivity contribution in [1.29, 1.82) is 0 Å². The van der Waals surface area contributed by atoms with Gasteiger partial charge in [-0.05, 0) is 23.3 Å². The predicted octanol–water partition coefficient (Wildman–Crippen LogP) is 1.41. The third kappa shape index (κ3) is 3.00. The zero-order valence-corrected chi connectivity index (χ0v) is 13.6. The lowest BCUT2D eigenvalue weighted by molar-refractivity contribution is -0.274. The van der Waals surface area contributed by atoms with Crippen LogP contribution in [-0.2, 0) is 10.3 Å². The highest BCUT2D eigenvalue weighted by Gasteiger charge is 2.49. The molecule has 0 aromatic heterocycles. The van der Waals surface area contributed by atoms with Gasteiger partial charge in [0, 0.05) is 7.05 Å². The molecule has 0 fully saturated rings. The van der Waals surface area contributed by atoms with E-state index in [9.17, 15) is 18.0 Å². The third-order valence-electron chi connectivity index (χ3n) is 4.05. The number of hydrogen-bond donors (Lipinski definition) is 1. The van der Waals surface area contributed by atoms with E-state index < -0.39 is 23.6 Å². The number of nitrogens with two attached hydrogens (primary N) is 1. The molecule has 0 aliphatic carbocycles. The number of amides is 1. The molecular weight excluding hydrogens is 346 g/mol. The molecule has 0 saturated heterocycles. The van der Waals surface area contributed by atoms with Crippen molar-refractivity contribution in [3.63, 3.8) is 0 Å². The smallest absolute Gasteiger partial charge is 0.406 e. The van der Waals surface area contributed by atoms with Gasteiger partial charge >= 0.3 is 6.36 Å². The minimum atomic E-state index is -4.81.